The van der Waals surface area contributed by atoms with Crippen LogP contribution in [0.5, 0.6) is 0 Å². The van der Waals surface area contributed by atoms with Gasteiger partial charge in [0, 0.05) is 39.0 Å². The lowest BCUT2D eigenvalue weighted by Crippen LogP contribution is -2.44. The smallest absolute Gasteiger partial charge is 0.321 e. The molecule has 8 nitrogen and oxygen atoms in total. The van der Waals surface area contributed by atoms with Gasteiger partial charge >= 0.3 is 6.03 Å². The Balaban J connectivity index is 2.25. The second-order valence-electron chi connectivity index (χ2n) is 4.49. The van der Waals surface area contributed by atoms with Crippen molar-refractivity contribution in [2.45, 2.75) is 6.54 Å². The van der Waals surface area contributed by atoms with Crippen LogP contribution in [0.15, 0.2) is 12.4 Å². The summed E-state index contributed by atoms with van der Waals surface area (Å²) < 4.78 is 6.49. The molecule has 0 fully saturated rings. The molecule has 2 N–H and O–H groups in total. The number of nitrogens with zero attached hydrogens (tertiary/aromatic N) is 3. The number of nitrogens with one attached hydrogen (secondary N) is 2. The predicted octanol–water partition coefficient (Wildman–Crippen LogP) is -0.676. The fourth-order valence-corrected chi connectivity index (χ4v) is 1.64. The minimum absolute atomic E-state index is 0.132. The molecule has 1 rings (SSSR count). The van der Waals surface area contributed by atoms with Crippen LogP contribution in [0.1, 0.15) is 5.56 Å². The maximum atomic E-state index is 11.6. The number of likely N-dealkylation sites (N-methyl/N-ethyl adjacent to an activating group) is 1. The van der Waals surface area contributed by atoms with E-state index in [1.54, 1.807) is 22.8 Å². The Labute approximate surface area is 118 Å². The molecular weight excluding hydrogens is 262 g/mol. The number of aryl methyl sites for hydroxylation is 1. The first-order valence-corrected chi connectivity index (χ1v) is 6.24. The van der Waals surface area contributed by atoms with E-state index >= 15 is 0 Å². The monoisotopic (exact) mass is 283 g/mol. The van der Waals surface area contributed by atoms with Gasteiger partial charge in [0.15, 0.2) is 0 Å². The summed E-state index contributed by atoms with van der Waals surface area (Å²) in [5.74, 6) is -0.355. The number of hydrogen-bond donors (Lipinski definition) is 2. The summed E-state index contributed by atoms with van der Waals surface area (Å²) in [5, 5.41) is 8.82. The first-order valence-electron chi connectivity index (χ1n) is 6.24. The Hall–Kier alpha value is -1.93. The molecule has 0 aliphatic carbocycles. The fourth-order valence-electron chi connectivity index (χ4n) is 1.64. The number of urea groups is 1. The summed E-state index contributed by atoms with van der Waals surface area (Å²) >= 11 is 0. The van der Waals surface area contributed by atoms with Gasteiger partial charge in [0.05, 0.1) is 19.3 Å². The van der Waals surface area contributed by atoms with Crippen molar-refractivity contribution in [3.63, 3.8) is 0 Å². The zero-order valence-electron chi connectivity index (χ0n) is 12.0. The quantitative estimate of drug-likeness (QED) is 0.648. The predicted molar refractivity (Wildman–Crippen MR) is 73.0 cm³/mol. The van der Waals surface area contributed by atoms with E-state index < -0.39 is 6.03 Å². The van der Waals surface area contributed by atoms with Crippen molar-refractivity contribution in [1.29, 1.82) is 0 Å². The molecular formula is C12H21N5O3. The number of carbonyl (C=O) groups is 2. The highest BCUT2D eigenvalue weighted by molar-refractivity contribution is 5.95. The topological polar surface area (TPSA) is 88.5 Å². The molecule has 0 unspecified atom stereocenters. The highest BCUT2D eigenvalue weighted by atomic mass is 16.5. The van der Waals surface area contributed by atoms with Crippen LogP contribution in [0.2, 0.25) is 0 Å². The van der Waals surface area contributed by atoms with Crippen molar-refractivity contribution >= 4 is 11.9 Å². The summed E-state index contributed by atoms with van der Waals surface area (Å²) in [6, 6.07) is -0.512. The highest BCUT2D eigenvalue weighted by Gasteiger charge is 2.10. The standard InChI is InChI=1S/C12H21N5O3/c1-16(7-10-6-14-17(2)8-10)9-11(18)15-12(19)13-4-5-20-3/h6,8H,4-5,7,9H2,1-3H3,(H2,13,15,18,19). The number of hydrogen-bond acceptors (Lipinski definition) is 5. The number of carbonyl (C=O) groups excluding carboxylic acids is 2. The molecule has 0 atom stereocenters. The highest BCUT2D eigenvalue weighted by Crippen LogP contribution is 2.00. The van der Waals surface area contributed by atoms with Crippen LogP contribution in [0.25, 0.3) is 0 Å². The van der Waals surface area contributed by atoms with Gasteiger partial charge in [0.2, 0.25) is 5.91 Å². The molecule has 0 spiro atoms. The third-order valence-electron chi connectivity index (χ3n) is 2.47. The number of aromatic nitrogens is 2. The molecule has 0 saturated carbocycles. The van der Waals surface area contributed by atoms with E-state index in [1.165, 1.54) is 7.11 Å². The molecule has 0 aliphatic heterocycles. The van der Waals surface area contributed by atoms with E-state index in [0.29, 0.717) is 19.7 Å². The Bertz CT molecular complexity index is 446. The molecule has 0 saturated heterocycles. The van der Waals surface area contributed by atoms with E-state index in [9.17, 15) is 9.59 Å². The van der Waals surface area contributed by atoms with Crippen molar-refractivity contribution in [2.24, 2.45) is 7.05 Å². The van der Waals surface area contributed by atoms with Gasteiger partial charge in [-0.1, -0.05) is 0 Å². The number of imide groups is 1. The maximum Gasteiger partial charge on any atom is 0.321 e. The number of rotatable bonds is 7. The number of methoxy groups -OCH3 is 1. The van der Waals surface area contributed by atoms with Crippen LogP contribution in [0, 0.1) is 0 Å². The second kappa shape index (κ2) is 8.28. The lowest BCUT2D eigenvalue weighted by Gasteiger charge is -2.14. The molecule has 1 aromatic rings. The SMILES string of the molecule is COCCNC(=O)NC(=O)CN(C)Cc1cnn(C)c1. The summed E-state index contributed by atoms with van der Waals surface area (Å²) in [7, 11) is 5.17. The maximum absolute atomic E-state index is 11.6. The van der Waals surface area contributed by atoms with Gasteiger partial charge in [-0.25, -0.2) is 4.79 Å². The van der Waals surface area contributed by atoms with Gasteiger partial charge in [-0.3, -0.25) is 19.7 Å². The van der Waals surface area contributed by atoms with Crippen molar-refractivity contribution in [2.75, 3.05) is 33.9 Å². The first kappa shape index (κ1) is 16.1. The minimum Gasteiger partial charge on any atom is -0.383 e. The Morgan fingerprint density at radius 2 is 2.25 bits per heavy atom. The van der Waals surface area contributed by atoms with Crippen LogP contribution in [-0.2, 0) is 23.1 Å². The van der Waals surface area contributed by atoms with E-state index in [-0.39, 0.29) is 12.5 Å². The molecule has 1 aromatic heterocycles. The normalized spacial score (nSPS) is 10.6. The van der Waals surface area contributed by atoms with Crippen molar-refractivity contribution in [3.8, 4) is 0 Å². The van der Waals surface area contributed by atoms with Gasteiger partial charge in [0.1, 0.15) is 0 Å². The third kappa shape index (κ3) is 6.30. The molecule has 0 aromatic carbocycles. The Morgan fingerprint density at radius 1 is 1.50 bits per heavy atom. The van der Waals surface area contributed by atoms with Crippen LogP contribution in [0.3, 0.4) is 0 Å². The van der Waals surface area contributed by atoms with Gasteiger partial charge in [-0.2, -0.15) is 5.10 Å². The molecule has 3 amide bonds. The Kier molecular flexibility index (Phi) is 6.68. The van der Waals surface area contributed by atoms with Gasteiger partial charge in [-0.05, 0) is 7.05 Å². The van der Waals surface area contributed by atoms with Crippen LogP contribution in [-0.4, -0.2) is 60.5 Å². The fraction of sp³-hybridized carbons (Fsp3) is 0.583. The molecule has 8 heteroatoms. The molecule has 20 heavy (non-hydrogen) atoms. The minimum atomic E-state index is -0.512. The average molecular weight is 283 g/mol. The summed E-state index contributed by atoms with van der Waals surface area (Å²) in [5.41, 5.74) is 1.01. The summed E-state index contributed by atoms with van der Waals surface area (Å²) in [6.07, 6.45) is 3.62. The van der Waals surface area contributed by atoms with E-state index in [2.05, 4.69) is 15.7 Å². The second-order valence-corrected chi connectivity index (χ2v) is 4.49. The third-order valence-corrected chi connectivity index (χ3v) is 2.47. The van der Waals surface area contributed by atoms with E-state index in [0.717, 1.165) is 5.56 Å². The number of amides is 3. The summed E-state index contributed by atoms with van der Waals surface area (Å²) in [4.78, 5) is 24.8. The molecule has 0 radical (unpaired) electrons. The summed E-state index contributed by atoms with van der Waals surface area (Å²) in [6.45, 7) is 1.49. The van der Waals surface area contributed by atoms with E-state index in [4.69, 9.17) is 4.74 Å². The van der Waals surface area contributed by atoms with E-state index in [1.807, 2.05) is 13.2 Å². The van der Waals surface area contributed by atoms with Gasteiger partial charge < -0.3 is 10.1 Å². The van der Waals surface area contributed by atoms with Crippen LogP contribution >= 0.6 is 0 Å². The zero-order valence-corrected chi connectivity index (χ0v) is 12.0. The molecule has 0 aliphatic rings. The van der Waals surface area contributed by atoms with Gasteiger partial charge in [-0.15, -0.1) is 0 Å². The Morgan fingerprint density at radius 3 is 2.85 bits per heavy atom. The van der Waals surface area contributed by atoms with Crippen LogP contribution in [0.4, 0.5) is 4.79 Å². The molecule has 112 valence electrons. The van der Waals surface area contributed by atoms with Crippen molar-refractivity contribution < 1.29 is 14.3 Å². The van der Waals surface area contributed by atoms with Crippen molar-refractivity contribution in [1.82, 2.24) is 25.3 Å². The zero-order chi connectivity index (χ0) is 15.0. The number of ether oxygens (including phenoxy) is 1. The lowest BCUT2D eigenvalue weighted by atomic mass is 10.3. The average Bonchev–Trinajstić information content (AvgIpc) is 2.74. The van der Waals surface area contributed by atoms with Crippen LogP contribution < -0.4 is 10.6 Å². The molecule has 0 bridgehead atoms. The van der Waals surface area contributed by atoms with Gasteiger partial charge in [0.25, 0.3) is 0 Å². The first-order chi connectivity index (χ1) is 9.51. The molecule has 1 heterocycles. The van der Waals surface area contributed by atoms with Crippen molar-refractivity contribution in [3.05, 3.63) is 18.0 Å². The lowest BCUT2D eigenvalue weighted by molar-refractivity contribution is -0.120. The largest absolute Gasteiger partial charge is 0.383 e.